The van der Waals surface area contributed by atoms with Crippen LogP contribution in [0.1, 0.15) is 38.8 Å². The summed E-state index contributed by atoms with van der Waals surface area (Å²) in [6.07, 6.45) is 12.0. The van der Waals surface area contributed by atoms with Crippen molar-refractivity contribution < 1.29 is 19.7 Å². The van der Waals surface area contributed by atoms with E-state index in [4.69, 9.17) is 15.9 Å². The van der Waals surface area contributed by atoms with Crippen LogP contribution in [0.3, 0.4) is 0 Å². The summed E-state index contributed by atoms with van der Waals surface area (Å²) >= 11 is 0. The van der Waals surface area contributed by atoms with Gasteiger partial charge in [-0.2, -0.15) is 0 Å². The van der Waals surface area contributed by atoms with Crippen molar-refractivity contribution in [3.8, 4) is 12.3 Å². The van der Waals surface area contributed by atoms with E-state index < -0.39 is 24.5 Å². The lowest BCUT2D eigenvalue weighted by Crippen LogP contribution is -2.30. The van der Waals surface area contributed by atoms with Crippen molar-refractivity contribution in [2.75, 3.05) is 5.32 Å². The number of anilines is 1. The number of rotatable bonds is 5. The third-order valence-corrected chi connectivity index (χ3v) is 5.46. The summed E-state index contributed by atoms with van der Waals surface area (Å²) in [4.78, 5) is 13.1. The highest BCUT2D eigenvalue weighted by Crippen LogP contribution is 2.32. The topological polar surface area (TPSA) is 115 Å². The Balaban J connectivity index is 1.50. The van der Waals surface area contributed by atoms with Gasteiger partial charge in [-0.3, -0.25) is 4.57 Å². The molecule has 4 rings (SSSR count). The first-order chi connectivity index (χ1) is 14.1. The van der Waals surface area contributed by atoms with E-state index in [0.29, 0.717) is 17.0 Å². The maximum Gasteiger partial charge on any atom is 0.167 e. The van der Waals surface area contributed by atoms with E-state index in [2.05, 4.69) is 26.2 Å². The van der Waals surface area contributed by atoms with E-state index in [9.17, 15) is 10.2 Å². The highest BCUT2D eigenvalue weighted by Gasteiger charge is 2.43. The van der Waals surface area contributed by atoms with Crippen LogP contribution in [0.4, 0.5) is 5.82 Å². The second-order valence-corrected chi connectivity index (χ2v) is 7.36. The Morgan fingerprint density at radius 3 is 2.72 bits per heavy atom. The minimum Gasteiger partial charge on any atom is -0.498 e. The van der Waals surface area contributed by atoms with Crippen LogP contribution in [0, 0.1) is 12.3 Å². The van der Waals surface area contributed by atoms with Gasteiger partial charge in [0.25, 0.3) is 0 Å². The number of allylic oxidation sites excluding steroid dienone is 1. The summed E-state index contributed by atoms with van der Waals surface area (Å²) in [5.41, 5.74) is 1.08. The van der Waals surface area contributed by atoms with Gasteiger partial charge in [0, 0.05) is 6.04 Å². The van der Waals surface area contributed by atoms with E-state index in [1.54, 1.807) is 10.8 Å². The number of fused-ring (bicyclic) bond motifs is 1. The first-order valence-corrected chi connectivity index (χ1v) is 9.80. The van der Waals surface area contributed by atoms with Crippen molar-refractivity contribution in [2.45, 2.75) is 69.3 Å². The molecule has 2 aromatic heterocycles. The Morgan fingerprint density at radius 2 is 2.03 bits per heavy atom. The molecule has 9 nitrogen and oxygen atoms in total. The number of aliphatic hydroxyl groups is 2. The van der Waals surface area contributed by atoms with Crippen molar-refractivity contribution in [2.24, 2.45) is 0 Å². The van der Waals surface area contributed by atoms with E-state index in [-0.39, 0.29) is 12.1 Å². The highest BCUT2D eigenvalue weighted by atomic mass is 16.6. The lowest BCUT2D eigenvalue weighted by atomic mass is 9.93. The van der Waals surface area contributed by atoms with E-state index in [1.807, 2.05) is 13.0 Å². The zero-order chi connectivity index (χ0) is 20.4. The van der Waals surface area contributed by atoms with E-state index >= 15 is 0 Å². The number of aromatic nitrogens is 4. The molecule has 1 saturated carbocycles. The average molecular weight is 399 g/mol. The van der Waals surface area contributed by atoms with Crippen LogP contribution in [0.5, 0.6) is 0 Å². The molecule has 29 heavy (non-hydrogen) atoms. The van der Waals surface area contributed by atoms with Gasteiger partial charge < -0.3 is 25.0 Å². The van der Waals surface area contributed by atoms with Crippen LogP contribution >= 0.6 is 0 Å². The number of ether oxygens (including phenoxy) is 2. The van der Waals surface area contributed by atoms with E-state index in [1.165, 1.54) is 12.7 Å². The molecule has 1 saturated heterocycles. The number of aliphatic hydroxyl groups excluding tert-OH is 2. The zero-order valence-corrected chi connectivity index (χ0v) is 16.2. The number of hydrogen-bond donors (Lipinski definition) is 3. The first-order valence-electron chi connectivity index (χ1n) is 9.80. The monoisotopic (exact) mass is 399 g/mol. The second-order valence-electron chi connectivity index (χ2n) is 7.36. The summed E-state index contributed by atoms with van der Waals surface area (Å²) in [7, 11) is 0. The van der Waals surface area contributed by atoms with Gasteiger partial charge in [-0.15, -0.1) is 6.42 Å². The SMILES string of the molecule is C#C[C@H]1O[C@@H](n2cnc3c(NC4CCC(O/C=C\C)CC4)ncnc32)[C@H](O)[C@@H]1O. The number of nitrogens with one attached hydrogen (secondary N) is 1. The van der Waals surface area contributed by atoms with Gasteiger partial charge in [0.1, 0.15) is 24.6 Å². The molecule has 2 fully saturated rings. The molecule has 0 radical (unpaired) electrons. The molecular formula is C20H25N5O4. The summed E-state index contributed by atoms with van der Waals surface area (Å²) in [5, 5.41) is 23.8. The Bertz CT molecular complexity index is 915. The Kier molecular flexibility index (Phi) is 5.67. The fraction of sp³-hybridized carbons (Fsp3) is 0.550. The lowest BCUT2D eigenvalue weighted by molar-refractivity contribution is -0.0230. The molecule has 2 aromatic rings. The van der Waals surface area contributed by atoms with Crippen LogP contribution in [-0.4, -0.2) is 60.2 Å². The molecule has 4 atom stereocenters. The molecular weight excluding hydrogens is 374 g/mol. The summed E-state index contributed by atoms with van der Waals surface area (Å²) in [5.74, 6) is 2.97. The molecule has 3 heterocycles. The zero-order valence-electron chi connectivity index (χ0n) is 16.2. The third-order valence-electron chi connectivity index (χ3n) is 5.46. The Morgan fingerprint density at radius 1 is 1.24 bits per heavy atom. The lowest BCUT2D eigenvalue weighted by Gasteiger charge is -2.28. The van der Waals surface area contributed by atoms with Gasteiger partial charge in [-0.25, -0.2) is 15.0 Å². The molecule has 0 spiro atoms. The molecule has 154 valence electrons. The average Bonchev–Trinajstić information content (AvgIpc) is 3.29. The van der Waals surface area contributed by atoms with Crippen molar-refractivity contribution in [1.82, 2.24) is 19.5 Å². The van der Waals surface area contributed by atoms with Gasteiger partial charge in [-0.05, 0) is 32.6 Å². The second kappa shape index (κ2) is 8.37. The van der Waals surface area contributed by atoms with Crippen LogP contribution < -0.4 is 5.32 Å². The molecule has 3 N–H and O–H groups in total. The predicted octanol–water partition coefficient (Wildman–Crippen LogP) is 1.35. The molecule has 9 heteroatoms. The van der Waals surface area contributed by atoms with Crippen molar-refractivity contribution in [3.63, 3.8) is 0 Å². The Hall–Kier alpha value is -2.67. The smallest absolute Gasteiger partial charge is 0.167 e. The standard InChI is InChI=1S/C20H25N5O4/c1-3-9-28-13-7-5-12(6-8-13)24-18-15-19(22-10-21-18)25(11-23-15)20-17(27)16(26)14(4-2)29-20/h2-3,9-14,16-17,20,26-27H,5-8H2,1H3,(H,21,22,24)/b9-3-/t12?,13?,14-,16-,17-,20-/m1/s1. The minimum atomic E-state index is -1.17. The van der Waals surface area contributed by atoms with E-state index in [0.717, 1.165) is 25.7 Å². The van der Waals surface area contributed by atoms with Crippen molar-refractivity contribution in [1.29, 1.82) is 0 Å². The number of hydrogen-bond acceptors (Lipinski definition) is 8. The molecule has 1 aliphatic heterocycles. The summed E-state index contributed by atoms with van der Waals surface area (Å²) < 4.78 is 12.9. The van der Waals surface area contributed by atoms with Gasteiger partial charge in [0.05, 0.1) is 18.7 Å². The molecule has 1 aliphatic carbocycles. The molecule has 0 bridgehead atoms. The van der Waals surface area contributed by atoms with Crippen LogP contribution in [0.15, 0.2) is 25.0 Å². The van der Waals surface area contributed by atoms with Crippen molar-refractivity contribution in [3.05, 3.63) is 25.0 Å². The third kappa shape index (κ3) is 3.79. The predicted molar refractivity (Wildman–Crippen MR) is 106 cm³/mol. The van der Waals surface area contributed by atoms with Gasteiger partial charge in [0.15, 0.2) is 23.2 Å². The number of nitrogens with zero attached hydrogens (tertiary/aromatic N) is 4. The minimum absolute atomic E-state index is 0.255. The fourth-order valence-electron chi connectivity index (χ4n) is 3.90. The maximum absolute atomic E-state index is 10.3. The first kappa shape index (κ1) is 19.6. The normalized spacial score (nSPS) is 32.5. The summed E-state index contributed by atoms with van der Waals surface area (Å²) in [6, 6.07) is 0.268. The molecule has 0 amide bonds. The number of terminal acetylenes is 1. The fourth-order valence-corrected chi connectivity index (χ4v) is 3.90. The van der Waals surface area contributed by atoms with Gasteiger partial charge >= 0.3 is 0 Å². The van der Waals surface area contributed by atoms with Crippen LogP contribution in [0.25, 0.3) is 11.2 Å². The maximum atomic E-state index is 10.3. The van der Waals surface area contributed by atoms with Crippen molar-refractivity contribution >= 4 is 17.0 Å². The summed E-state index contributed by atoms with van der Waals surface area (Å²) in [6.45, 7) is 1.94. The van der Waals surface area contributed by atoms with Crippen LogP contribution in [-0.2, 0) is 9.47 Å². The number of imidazole rings is 1. The highest BCUT2D eigenvalue weighted by molar-refractivity contribution is 5.82. The molecule has 0 aromatic carbocycles. The molecule has 2 aliphatic rings. The van der Waals surface area contributed by atoms with Gasteiger partial charge in [0.2, 0.25) is 0 Å². The quantitative estimate of drug-likeness (QED) is 0.510. The molecule has 0 unspecified atom stereocenters. The largest absolute Gasteiger partial charge is 0.498 e. The Labute approximate surface area is 168 Å². The van der Waals surface area contributed by atoms with Gasteiger partial charge in [-0.1, -0.05) is 12.0 Å². The van der Waals surface area contributed by atoms with Crippen LogP contribution in [0.2, 0.25) is 0 Å².